The van der Waals surface area contributed by atoms with Gasteiger partial charge in [0.15, 0.2) is 0 Å². The van der Waals surface area contributed by atoms with Crippen LogP contribution in [-0.2, 0) is 24.7 Å². The second kappa shape index (κ2) is 7.24. The molecule has 35 heavy (non-hydrogen) atoms. The van der Waals surface area contributed by atoms with Crippen LogP contribution in [0.3, 0.4) is 0 Å². The minimum Gasteiger partial charge on any atom is -0.465 e. The molecule has 3 amide bonds. The Kier molecular flexibility index (Phi) is 4.64. The molecule has 1 aromatic carbocycles. The van der Waals surface area contributed by atoms with Crippen molar-refractivity contribution in [2.75, 3.05) is 23.9 Å². The van der Waals surface area contributed by atoms with E-state index in [0.717, 1.165) is 40.1 Å². The lowest BCUT2D eigenvalue weighted by atomic mass is 9.75. The van der Waals surface area contributed by atoms with Gasteiger partial charge < -0.3 is 10.1 Å². The number of nitrogens with zero attached hydrogens (tertiary/aromatic N) is 2. The van der Waals surface area contributed by atoms with Crippen molar-refractivity contribution in [2.45, 2.75) is 52.1 Å². The normalized spacial score (nSPS) is 29.1. The lowest BCUT2D eigenvalue weighted by molar-refractivity contribution is -0.135. The zero-order valence-electron chi connectivity index (χ0n) is 20.4. The monoisotopic (exact) mass is 493 g/mol. The predicted molar refractivity (Wildman–Crippen MR) is 131 cm³/mol. The van der Waals surface area contributed by atoms with Crippen molar-refractivity contribution in [2.24, 2.45) is 11.8 Å². The maximum Gasteiger partial charge on any atom is 0.341 e. The number of esters is 1. The largest absolute Gasteiger partial charge is 0.465 e. The molecule has 9 heteroatoms. The van der Waals surface area contributed by atoms with E-state index in [1.807, 2.05) is 32.9 Å². The number of carbonyl (C=O) groups is 4. The zero-order chi connectivity index (χ0) is 25.0. The number of hydrogen-bond donors (Lipinski definition) is 1. The molecule has 0 bridgehead atoms. The summed E-state index contributed by atoms with van der Waals surface area (Å²) in [4.78, 5) is 58.9. The average molecular weight is 494 g/mol. The van der Waals surface area contributed by atoms with E-state index in [1.165, 1.54) is 23.3 Å². The van der Waals surface area contributed by atoms with Crippen LogP contribution in [0.15, 0.2) is 12.1 Å². The molecule has 4 atom stereocenters. The molecule has 4 aliphatic heterocycles. The van der Waals surface area contributed by atoms with Gasteiger partial charge in [-0.3, -0.25) is 19.3 Å². The van der Waals surface area contributed by atoms with Crippen LogP contribution in [0.5, 0.6) is 0 Å². The first-order chi connectivity index (χ1) is 16.6. The van der Waals surface area contributed by atoms with Gasteiger partial charge in [0.1, 0.15) is 10.5 Å². The average Bonchev–Trinajstić information content (AvgIpc) is 3.56. The van der Waals surface area contributed by atoms with Crippen LogP contribution in [0, 0.1) is 39.5 Å². The van der Waals surface area contributed by atoms with Gasteiger partial charge in [-0.2, -0.15) is 0 Å². The van der Waals surface area contributed by atoms with E-state index in [-0.39, 0.29) is 23.4 Å². The van der Waals surface area contributed by atoms with E-state index in [2.05, 4.69) is 10.2 Å². The van der Waals surface area contributed by atoms with Crippen molar-refractivity contribution >= 4 is 45.7 Å². The van der Waals surface area contributed by atoms with Crippen LogP contribution < -0.4 is 10.2 Å². The number of imide groups is 1. The third-order valence-corrected chi connectivity index (χ3v) is 9.59. The molecule has 1 spiro atoms. The summed E-state index contributed by atoms with van der Waals surface area (Å²) in [5, 5.41) is 3.36. The number of rotatable bonds is 2. The number of hydrogen-bond acceptors (Lipinski definition) is 7. The zero-order valence-corrected chi connectivity index (χ0v) is 21.2. The Morgan fingerprint density at radius 2 is 1.89 bits per heavy atom. The van der Waals surface area contributed by atoms with E-state index < -0.39 is 29.3 Å². The molecule has 6 rings (SSSR count). The molecule has 4 aliphatic rings. The molecule has 1 aromatic heterocycles. The van der Waals surface area contributed by atoms with Gasteiger partial charge in [0.2, 0.25) is 17.7 Å². The molecule has 3 saturated heterocycles. The molecule has 8 nitrogen and oxygen atoms in total. The van der Waals surface area contributed by atoms with Crippen LogP contribution in [0.4, 0.5) is 10.7 Å². The third kappa shape index (κ3) is 2.55. The summed E-state index contributed by atoms with van der Waals surface area (Å²) in [7, 11) is 1.29. The SMILES string of the molecule is COC(=O)c1c(N2C(=O)[C@@H]3[C@H]4CCCN4[C@@]4(C(=O)Nc5c(C)cc(C)cc54)[C@@H]3C2=O)sc(C)c1C. The second-order valence-electron chi connectivity index (χ2n) is 10.1. The number of aryl methyl sites for hydroxylation is 3. The van der Waals surface area contributed by atoms with Crippen LogP contribution in [0.2, 0.25) is 0 Å². The first kappa shape index (κ1) is 22.4. The summed E-state index contributed by atoms with van der Waals surface area (Å²) in [6.45, 7) is 8.23. The highest BCUT2D eigenvalue weighted by Crippen LogP contribution is 2.61. The summed E-state index contributed by atoms with van der Waals surface area (Å²) in [5.74, 6) is -3.05. The number of benzene rings is 1. The van der Waals surface area contributed by atoms with Crippen LogP contribution in [0.25, 0.3) is 0 Å². The van der Waals surface area contributed by atoms with Crippen LogP contribution in [0.1, 0.15) is 50.3 Å². The number of methoxy groups -OCH3 is 1. The van der Waals surface area contributed by atoms with Gasteiger partial charge in [0.25, 0.3) is 0 Å². The van der Waals surface area contributed by atoms with Gasteiger partial charge in [0, 0.05) is 22.2 Å². The van der Waals surface area contributed by atoms with Crippen molar-refractivity contribution in [1.29, 1.82) is 0 Å². The molecule has 0 unspecified atom stereocenters. The Morgan fingerprint density at radius 1 is 1.14 bits per heavy atom. The van der Waals surface area contributed by atoms with E-state index in [1.54, 1.807) is 6.92 Å². The summed E-state index contributed by atoms with van der Waals surface area (Å²) < 4.78 is 4.99. The standard InChI is InChI=1S/C26H27N3O5S/c1-11-9-12(2)20-15(10-11)26(25(33)27-20)19-18(16-7-6-8-28(16)26)21(30)29(22(19)31)23-17(24(32)34-5)13(3)14(4)35-23/h9-10,16,18-19H,6-8H2,1-5H3,(H,27,33)/t16-,18-,19+,26-/m1/s1. The van der Waals surface area contributed by atoms with Gasteiger partial charge in [-0.05, 0) is 58.2 Å². The third-order valence-electron chi connectivity index (χ3n) is 8.40. The molecule has 0 aliphatic carbocycles. The predicted octanol–water partition coefficient (Wildman–Crippen LogP) is 3.20. The number of thiophene rings is 1. The summed E-state index contributed by atoms with van der Waals surface area (Å²) in [6, 6.07) is 3.79. The Bertz CT molecular complexity index is 1360. The minimum atomic E-state index is -1.23. The van der Waals surface area contributed by atoms with Crippen molar-refractivity contribution in [3.63, 3.8) is 0 Å². The quantitative estimate of drug-likeness (QED) is 0.510. The number of fused-ring (bicyclic) bond motifs is 7. The molecule has 0 radical (unpaired) electrons. The van der Waals surface area contributed by atoms with E-state index in [0.29, 0.717) is 17.1 Å². The van der Waals surface area contributed by atoms with E-state index >= 15 is 0 Å². The lowest BCUT2D eigenvalue weighted by Crippen LogP contribution is -2.54. The minimum absolute atomic E-state index is 0.206. The fourth-order valence-electron chi connectivity index (χ4n) is 6.97. The molecular weight excluding hydrogens is 466 g/mol. The summed E-state index contributed by atoms with van der Waals surface area (Å²) >= 11 is 1.24. The molecule has 182 valence electrons. The number of ether oxygens (including phenoxy) is 1. The maximum absolute atomic E-state index is 14.3. The van der Waals surface area contributed by atoms with Gasteiger partial charge in [-0.15, -0.1) is 11.3 Å². The van der Waals surface area contributed by atoms with Crippen LogP contribution >= 0.6 is 11.3 Å². The van der Waals surface area contributed by atoms with E-state index in [4.69, 9.17) is 4.74 Å². The Balaban J connectivity index is 1.57. The first-order valence-electron chi connectivity index (χ1n) is 11.9. The van der Waals surface area contributed by atoms with Gasteiger partial charge >= 0.3 is 5.97 Å². The highest BCUT2D eigenvalue weighted by Gasteiger charge is 2.75. The van der Waals surface area contributed by atoms with Gasteiger partial charge in [-0.1, -0.05) is 17.7 Å². The molecular formula is C26H27N3O5S. The van der Waals surface area contributed by atoms with Crippen molar-refractivity contribution in [1.82, 2.24) is 4.90 Å². The number of anilines is 2. The van der Waals surface area contributed by atoms with Crippen molar-refractivity contribution in [3.8, 4) is 0 Å². The number of nitrogens with one attached hydrogen (secondary N) is 1. The fourth-order valence-corrected chi connectivity index (χ4v) is 8.12. The van der Waals surface area contributed by atoms with Crippen molar-refractivity contribution in [3.05, 3.63) is 44.8 Å². The summed E-state index contributed by atoms with van der Waals surface area (Å²) in [6.07, 6.45) is 1.60. The number of amides is 3. The maximum atomic E-state index is 14.3. The number of carbonyl (C=O) groups excluding carboxylic acids is 4. The fraction of sp³-hybridized carbons (Fsp3) is 0.462. The topological polar surface area (TPSA) is 96.0 Å². The van der Waals surface area contributed by atoms with E-state index in [9.17, 15) is 19.2 Å². The second-order valence-corrected chi connectivity index (χ2v) is 11.3. The molecule has 0 saturated carbocycles. The van der Waals surface area contributed by atoms with Crippen LogP contribution in [-0.4, -0.2) is 48.3 Å². The molecule has 3 fully saturated rings. The Hall–Kier alpha value is -3.04. The lowest BCUT2D eigenvalue weighted by Gasteiger charge is -2.36. The van der Waals surface area contributed by atoms with Crippen molar-refractivity contribution < 1.29 is 23.9 Å². The highest BCUT2D eigenvalue weighted by atomic mass is 32.1. The Labute approximate surface area is 207 Å². The molecule has 5 heterocycles. The first-order valence-corrected chi connectivity index (χ1v) is 12.7. The molecule has 1 N–H and O–H groups in total. The van der Waals surface area contributed by atoms with Gasteiger partial charge in [-0.25, -0.2) is 9.69 Å². The Morgan fingerprint density at radius 3 is 2.60 bits per heavy atom. The summed E-state index contributed by atoms with van der Waals surface area (Å²) in [5.41, 5.74) is 3.18. The highest BCUT2D eigenvalue weighted by molar-refractivity contribution is 7.17. The molecule has 2 aromatic rings. The smallest absolute Gasteiger partial charge is 0.341 e. The van der Waals surface area contributed by atoms with Gasteiger partial charge in [0.05, 0.1) is 24.5 Å².